The third kappa shape index (κ3) is 2.22. The van der Waals surface area contributed by atoms with Gasteiger partial charge in [-0.05, 0) is 12.1 Å². The lowest BCUT2D eigenvalue weighted by Gasteiger charge is -2.04. The average molecular weight is 267 g/mol. The molecule has 0 unspecified atom stereocenters. The summed E-state index contributed by atoms with van der Waals surface area (Å²) in [7, 11) is 0. The van der Waals surface area contributed by atoms with Crippen LogP contribution in [0, 0.1) is 10.1 Å². The van der Waals surface area contributed by atoms with E-state index in [1.807, 2.05) is 0 Å². The molecule has 0 atom stereocenters. The van der Waals surface area contributed by atoms with E-state index >= 15 is 0 Å². The molecule has 0 aliphatic carbocycles. The van der Waals surface area contributed by atoms with Gasteiger partial charge in [0.2, 0.25) is 0 Å². The summed E-state index contributed by atoms with van der Waals surface area (Å²) in [5, 5.41) is 11.7. The van der Waals surface area contributed by atoms with Gasteiger partial charge in [-0.1, -0.05) is 18.5 Å². The minimum absolute atomic E-state index is 0.0415. The number of fused-ring (bicyclic) bond motifs is 1. The van der Waals surface area contributed by atoms with Crippen molar-refractivity contribution in [1.82, 2.24) is 4.57 Å². The van der Waals surface area contributed by atoms with Crippen molar-refractivity contribution in [3.05, 3.63) is 39.5 Å². The van der Waals surface area contributed by atoms with Crippen LogP contribution in [0.3, 0.4) is 0 Å². The third-order valence-electron chi connectivity index (χ3n) is 2.77. The summed E-state index contributed by atoms with van der Waals surface area (Å²) < 4.78 is 1.68. The second-order valence-corrected chi connectivity index (χ2v) is 4.39. The number of hydrogen-bond donors (Lipinski definition) is 0. The quantitative estimate of drug-likeness (QED) is 0.630. The number of carbonyl (C=O) groups excluding carboxylic acids is 1. The predicted octanol–water partition coefficient (Wildman–Crippen LogP) is 3.18. The lowest BCUT2D eigenvalue weighted by atomic mass is 10.2. The van der Waals surface area contributed by atoms with E-state index in [2.05, 4.69) is 0 Å². The zero-order valence-electron chi connectivity index (χ0n) is 9.72. The minimum atomic E-state index is -0.472. The van der Waals surface area contributed by atoms with Gasteiger partial charge in [-0.2, -0.15) is 0 Å². The van der Waals surface area contributed by atoms with Crippen molar-refractivity contribution in [1.29, 1.82) is 0 Å². The van der Waals surface area contributed by atoms with E-state index in [4.69, 9.17) is 11.6 Å². The van der Waals surface area contributed by atoms with Crippen LogP contribution in [0.25, 0.3) is 10.9 Å². The van der Waals surface area contributed by atoms with Crippen molar-refractivity contribution in [2.75, 3.05) is 0 Å². The molecule has 0 bridgehead atoms. The zero-order chi connectivity index (χ0) is 13.3. The van der Waals surface area contributed by atoms with Crippen LogP contribution in [-0.4, -0.2) is 15.3 Å². The smallest absolute Gasteiger partial charge is 0.280 e. The normalized spacial score (nSPS) is 10.8. The fraction of sp³-hybridized carbons (Fsp3) is 0.250. The number of rotatable bonds is 4. The molecule has 0 amide bonds. The van der Waals surface area contributed by atoms with Crippen LogP contribution in [-0.2, 0) is 11.3 Å². The number of aromatic nitrogens is 1. The van der Waals surface area contributed by atoms with Crippen LogP contribution in [0.2, 0.25) is 5.02 Å². The van der Waals surface area contributed by atoms with E-state index in [9.17, 15) is 14.9 Å². The molecule has 0 N–H and O–H groups in total. The second-order valence-electron chi connectivity index (χ2n) is 3.95. The number of hydrogen-bond acceptors (Lipinski definition) is 3. The molecule has 6 heteroatoms. The molecule has 0 saturated heterocycles. The first kappa shape index (κ1) is 12.6. The third-order valence-corrected chi connectivity index (χ3v) is 2.99. The monoisotopic (exact) mass is 266 g/mol. The van der Waals surface area contributed by atoms with Crippen molar-refractivity contribution in [2.45, 2.75) is 19.9 Å². The van der Waals surface area contributed by atoms with Gasteiger partial charge in [-0.15, -0.1) is 0 Å². The van der Waals surface area contributed by atoms with Crippen LogP contribution in [0.15, 0.2) is 24.4 Å². The largest absolute Gasteiger partial charge is 0.340 e. The zero-order valence-corrected chi connectivity index (χ0v) is 10.5. The number of benzene rings is 1. The molecule has 18 heavy (non-hydrogen) atoms. The molecular formula is C12H11ClN2O3. The Morgan fingerprint density at radius 3 is 2.83 bits per heavy atom. The molecule has 5 nitrogen and oxygen atoms in total. The summed E-state index contributed by atoms with van der Waals surface area (Å²) in [5.74, 6) is 0.0649. The molecule has 2 aromatic rings. The van der Waals surface area contributed by atoms with Crippen LogP contribution < -0.4 is 0 Å². The van der Waals surface area contributed by atoms with E-state index in [1.165, 1.54) is 6.07 Å². The molecule has 0 aliphatic rings. The van der Waals surface area contributed by atoms with Crippen molar-refractivity contribution in [2.24, 2.45) is 0 Å². The highest BCUT2D eigenvalue weighted by Gasteiger charge is 2.16. The maximum atomic E-state index is 11.4. The fourth-order valence-electron chi connectivity index (χ4n) is 1.83. The number of non-ortho nitro benzene ring substituents is 1. The molecule has 0 aliphatic heterocycles. The lowest BCUT2D eigenvalue weighted by molar-refractivity contribution is -0.383. The lowest BCUT2D eigenvalue weighted by Crippen LogP contribution is -2.07. The highest BCUT2D eigenvalue weighted by Crippen LogP contribution is 2.30. The van der Waals surface area contributed by atoms with Gasteiger partial charge in [0, 0.05) is 23.7 Å². The molecular weight excluding hydrogens is 256 g/mol. The number of carbonyl (C=O) groups is 1. The maximum absolute atomic E-state index is 11.4. The van der Waals surface area contributed by atoms with E-state index in [-0.39, 0.29) is 23.0 Å². The Balaban J connectivity index is 2.59. The Bertz CT molecular complexity index is 634. The molecule has 0 saturated carbocycles. The highest BCUT2D eigenvalue weighted by atomic mass is 35.5. The van der Waals surface area contributed by atoms with Gasteiger partial charge in [0.05, 0.1) is 22.4 Å². The molecule has 1 aromatic carbocycles. The summed E-state index contributed by atoms with van der Waals surface area (Å²) in [6.45, 7) is 1.99. The number of nitro groups is 1. The van der Waals surface area contributed by atoms with Crippen molar-refractivity contribution >= 4 is 34.0 Å². The molecule has 94 valence electrons. The number of ketones is 1. The molecule has 1 aromatic heterocycles. The first-order chi connectivity index (χ1) is 8.52. The van der Waals surface area contributed by atoms with E-state index < -0.39 is 4.92 Å². The summed E-state index contributed by atoms with van der Waals surface area (Å²) in [6.07, 6.45) is 2.10. The fourth-order valence-corrected chi connectivity index (χ4v) is 2.04. The number of nitrogens with zero attached hydrogens (tertiary/aromatic N) is 2. The van der Waals surface area contributed by atoms with E-state index in [1.54, 1.807) is 29.8 Å². The number of halogens is 1. The van der Waals surface area contributed by atoms with Gasteiger partial charge >= 0.3 is 0 Å². The summed E-state index contributed by atoms with van der Waals surface area (Å²) in [4.78, 5) is 21.9. The van der Waals surface area contributed by atoms with Crippen LogP contribution >= 0.6 is 11.6 Å². The predicted molar refractivity (Wildman–Crippen MR) is 68.9 cm³/mol. The van der Waals surface area contributed by atoms with Crippen molar-refractivity contribution in [3.63, 3.8) is 0 Å². The topological polar surface area (TPSA) is 65.1 Å². The Morgan fingerprint density at radius 1 is 1.50 bits per heavy atom. The van der Waals surface area contributed by atoms with Crippen LogP contribution in [0.1, 0.15) is 13.3 Å². The molecule has 1 heterocycles. The SMILES string of the molecule is CCC(=O)Cn1ccc2c([N+](=O)[O-])cc(Cl)cc21. The summed E-state index contributed by atoms with van der Waals surface area (Å²) >= 11 is 5.86. The van der Waals surface area contributed by atoms with Crippen LogP contribution in [0.5, 0.6) is 0 Å². The van der Waals surface area contributed by atoms with Gasteiger partial charge in [0.25, 0.3) is 5.69 Å². The standard InChI is InChI=1S/C12H11ClN2O3/c1-2-9(16)7-14-4-3-10-11(14)5-8(13)6-12(10)15(17)18/h3-6H,2,7H2,1H3. The first-order valence-corrected chi connectivity index (χ1v) is 5.85. The Labute approximate surface area is 108 Å². The number of Topliss-reactive ketones (excluding diaryl/α,β-unsaturated/α-hetero) is 1. The summed E-state index contributed by atoms with van der Waals surface area (Å²) in [6, 6.07) is 4.58. The van der Waals surface area contributed by atoms with Crippen molar-refractivity contribution in [3.8, 4) is 0 Å². The highest BCUT2D eigenvalue weighted by molar-refractivity contribution is 6.31. The van der Waals surface area contributed by atoms with Gasteiger partial charge in [0.1, 0.15) is 0 Å². The number of nitro benzene ring substituents is 1. The molecule has 0 radical (unpaired) electrons. The van der Waals surface area contributed by atoms with E-state index in [0.717, 1.165) is 0 Å². The first-order valence-electron chi connectivity index (χ1n) is 5.47. The van der Waals surface area contributed by atoms with Crippen LogP contribution in [0.4, 0.5) is 5.69 Å². The Hall–Kier alpha value is -1.88. The molecule has 0 fully saturated rings. The average Bonchev–Trinajstić information content (AvgIpc) is 2.71. The Morgan fingerprint density at radius 2 is 2.22 bits per heavy atom. The minimum Gasteiger partial charge on any atom is -0.340 e. The maximum Gasteiger partial charge on any atom is 0.280 e. The van der Waals surface area contributed by atoms with Crippen molar-refractivity contribution < 1.29 is 9.72 Å². The molecule has 2 rings (SSSR count). The summed E-state index contributed by atoms with van der Waals surface area (Å²) in [5.41, 5.74) is 0.566. The van der Waals surface area contributed by atoms with Gasteiger partial charge in [-0.3, -0.25) is 14.9 Å². The van der Waals surface area contributed by atoms with Gasteiger partial charge in [0.15, 0.2) is 5.78 Å². The molecule has 0 spiro atoms. The van der Waals surface area contributed by atoms with Gasteiger partial charge in [-0.25, -0.2) is 0 Å². The Kier molecular flexibility index (Phi) is 3.34. The van der Waals surface area contributed by atoms with Gasteiger partial charge < -0.3 is 4.57 Å². The second kappa shape index (κ2) is 4.78. The van der Waals surface area contributed by atoms with E-state index in [0.29, 0.717) is 17.3 Å².